The molecule has 1 aromatic carbocycles. The van der Waals surface area contributed by atoms with Crippen LogP contribution < -0.4 is 16.2 Å². The van der Waals surface area contributed by atoms with E-state index in [1.807, 2.05) is 38.1 Å². The van der Waals surface area contributed by atoms with Crippen molar-refractivity contribution in [1.82, 2.24) is 15.0 Å². The van der Waals surface area contributed by atoms with E-state index in [2.05, 4.69) is 20.3 Å². The highest BCUT2D eigenvalue weighted by atomic mass is 31.2. The largest absolute Gasteiger partial charge is 0.331 e. The fourth-order valence-electron chi connectivity index (χ4n) is 2.81. The second-order valence-electron chi connectivity index (χ2n) is 6.58. The molecule has 8 nitrogen and oxygen atoms in total. The van der Waals surface area contributed by atoms with Gasteiger partial charge in [0.2, 0.25) is 14.3 Å². The first kappa shape index (κ1) is 22.7. The first-order chi connectivity index (χ1) is 15.0. The third-order valence-electron chi connectivity index (χ3n) is 4.45. The number of carbonyl (C=O) groups excluding carboxylic acids is 1. The Kier molecular flexibility index (Phi) is 8.00. The molecule has 2 N–H and O–H groups in total. The number of benzene rings is 1. The lowest BCUT2D eigenvalue weighted by molar-refractivity contribution is -0.117. The van der Waals surface area contributed by atoms with Crippen molar-refractivity contribution in [3.63, 3.8) is 0 Å². The van der Waals surface area contributed by atoms with E-state index in [1.165, 1.54) is 6.20 Å². The van der Waals surface area contributed by atoms with E-state index in [0.717, 1.165) is 10.9 Å². The van der Waals surface area contributed by atoms with Crippen LogP contribution in [0.2, 0.25) is 0 Å². The molecular formula is C22H25N4O4P. The molecule has 2 aromatic heterocycles. The maximum atomic E-state index is 12.7. The number of hydrogen-bond acceptors (Lipinski definition) is 6. The number of aromatic nitrogens is 3. The maximum Gasteiger partial charge on any atom is 0.274 e. The van der Waals surface area contributed by atoms with Gasteiger partial charge in [-0.15, -0.1) is 0 Å². The highest BCUT2D eigenvalue weighted by molar-refractivity contribution is 7.56. The van der Waals surface area contributed by atoms with Gasteiger partial charge in [-0.3, -0.25) is 14.6 Å². The van der Waals surface area contributed by atoms with Gasteiger partial charge in [0.25, 0.3) is 5.56 Å². The average molecular weight is 440 g/mol. The molecule has 31 heavy (non-hydrogen) atoms. The fourth-order valence-corrected chi connectivity index (χ4v) is 4.05. The van der Waals surface area contributed by atoms with Gasteiger partial charge in [0.1, 0.15) is 11.4 Å². The van der Waals surface area contributed by atoms with Gasteiger partial charge in [-0.2, -0.15) is 0 Å². The summed E-state index contributed by atoms with van der Waals surface area (Å²) in [5.74, 6) is -0.427. The molecule has 0 fully saturated rings. The molecule has 9 heteroatoms. The highest BCUT2D eigenvalue weighted by Crippen LogP contribution is 2.37. The topological polar surface area (TPSA) is 106 Å². The summed E-state index contributed by atoms with van der Waals surface area (Å²) in [4.78, 5) is 36.1. The summed E-state index contributed by atoms with van der Waals surface area (Å²) in [5.41, 5.74) is 1.01. The second-order valence-corrected chi connectivity index (χ2v) is 8.13. The first-order valence-corrected chi connectivity index (χ1v) is 11.2. The molecule has 1 unspecified atom stereocenters. The van der Waals surface area contributed by atoms with Gasteiger partial charge in [-0.1, -0.05) is 18.2 Å². The molecule has 3 aromatic rings. The number of nitrogens with one attached hydrogen (secondary N) is 2. The minimum Gasteiger partial charge on any atom is -0.331 e. The van der Waals surface area contributed by atoms with E-state index >= 15 is 0 Å². The van der Waals surface area contributed by atoms with Crippen molar-refractivity contribution >= 4 is 25.3 Å². The molecule has 0 aliphatic rings. The Balaban J connectivity index is 1.70. The predicted molar refractivity (Wildman–Crippen MR) is 121 cm³/mol. The van der Waals surface area contributed by atoms with Crippen LogP contribution in [0.1, 0.15) is 32.3 Å². The van der Waals surface area contributed by atoms with Crippen molar-refractivity contribution in [2.45, 2.75) is 26.7 Å². The molecule has 0 bridgehead atoms. The smallest absolute Gasteiger partial charge is 0.274 e. The number of nitrogens with zero attached hydrogens (tertiary/aromatic N) is 2. The molecule has 0 saturated carbocycles. The zero-order valence-corrected chi connectivity index (χ0v) is 18.6. The third-order valence-corrected chi connectivity index (χ3v) is 6.16. The number of pyridine rings is 1. The van der Waals surface area contributed by atoms with E-state index in [-0.39, 0.29) is 11.6 Å². The highest BCUT2D eigenvalue weighted by Gasteiger charge is 2.19. The SMILES string of the molecule is CCOP(OCC)c1ccc(C(C)C(=O)Nc2cnc(-c3ccccn3)[nH]c2=O)cc1. The number of hydrogen-bond donors (Lipinski definition) is 2. The number of rotatable bonds is 9. The lowest BCUT2D eigenvalue weighted by atomic mass is 10.0. The maximum absolute atomic E-state index is 12.7. The van der Waals surface area contributed by atoms with Gasteiger partial charge >= 0.3 is 0 Å². The summed E-state index contributed by atoms with van der Waals surface area (Å²) in [7, 11) is -1.13. The van der Waals surface area contributed by atoms with Crippen LogP contribution >= 0.6 is 8.38 Å². The zero-order chi connectivity index (χ0) is 22.2. The van der Waals surface area contributed by atoms with Crippen LogP contribution in [-0.2, 0) is 13.8 Å². The average Bonchev–Trinajstić information content (AvgIpc) is 2.80. The van der Waals surface area contributed by atoms with E-state index < -0.39 is 19.9 Å². The van der Waals surface area contributed by atoms with Crippen molar-refractivity contribution in [2.24, 2.45) is 0 Å². The summed E-state index contributed by atoms with van der Waals surface area (Å²) in [6.45, 7) is 6.76. The summed E-state index contributed by atoms with van der Waals surface area (Å²) < 4.78 is 11.3. The summed E-state index contributed by atoms with van der Waals surface area (Å²) in [5, 5.41) is 3.60. The predicted octanol–water partition coefficient (Wildman–Crippen LogP) is 3.58. The van der Waals surface area contributed by atoms with Crippen LogP contribution in [0.4, 0.5) is 5.69 Å². The summed E-state index contributed by atoms with van der Waals surface area (Å²) >= 11 is 0. The molecule has 1 amide bonds. The molecule has 0 aliphatic carbocycles. The van der Waals surface area contributed by atoms with Crippen molar-refractivity contribution in [2.75, 3.05) is 18.5 Å². The van der Waals surface area contributed by atoms with E-state index in [4.69, 9.17) is 9.05 Å². The van der Waals surface area contributed by atoms with E-state index in [0.29, 0.717) is 24.7 Å². The van der Waals surface area contributed by atoms with Crippen molar-refractivity contribution < 1.29 is 13.8 Å². The molecule has 0 saturated heterocycles. The number of carbonyl (C=O) groups is 1. The van der Waals surface area contributed by atoms with Gasteiger partial charge in [-0.05, 0) is 50.6 Å². The Hall–Kier alpha value is -2.93. The Labute approximate surface area is 182 Å². The standard InChI is InChI=1S/C22H25N4O4P/c1-4-29-31(30-5-2)17-11-9-16(10-12-17)15(3)21(27)25-19-14-24-20(26-22(19)28)18-8-6-7-13-23-18/h6-15H,4-5H2,1-3H3,(H,25,27)(H,24,26,28). The van der Waals surface area contributed by atoms with Gasteiger partial charge in [0.05, 0.1) is 25.3 Å². The molecule has 3 rings (SSSR count). The quantitative estimate of drug-likeness (QED) is 0.493. The number of H-pyrrole nitrogens is 1. The lowest BCUT2D eigenvalue weighted by Gasteiger charge is -2.17. The van der Waals surface area contributed by atoms with Crippen LogP contribution in [0.15, 0.2) is 59.7 Å². The van der Waals surface area contributed by atoms with E-state index in [1.54, 1.807) is 31.3 Å². The molecule has 0 aliphatic heterocycles. The number of amides is 1. The molecule has 0 radical (unpaired) electrons. The normalized spacial score (nSPS) is 12.0. The molecule has 1 atom stereocenters. The van der Waals surface area contributed by atoms with Crippen LogP contribution in [0.3, 0.4) is 0 Å². The minimum atomic E-state index is -1.13. The van der Waals surface area contributed by atoms with Gasteiger partial charge in [0.15, 0.2) is 5.82 Å². The monoisotopic (exact) mass is 440 g/mol. The van der Waals surface area contributed by atoms with Crippen molar-refractivity contribution in [3.8, 4) is 11.5 Å². The van der Waals surface area contributed by atoms with E-state index in [9.17, 15) is 9.59 Å². The summed E-state index contributed by atoms with van der Waals surface area (Å²) in [6, 6.07) is 12.9. The molecular weight excluding hydrogens is 415 g/mol. The van der Waals surface area contributed by atoms with Crippen LogP contribution in [-0.4, -0.2) is 34.1 Å². The van der Waals surface area contributed by atoms with Crippen LogP contribution in [0.5, 0.6) is 0 Å². The Morgan fingerprint density at radius 3 is 2.39 bits per heavy atom. The lowest BCUT2D eigenvalue weighted by Crippen LogP contribution is -2.24. The second kappa shape index (κ2) is 10.9. The zero-order valence-electron chi connectivity index (χ0n) is 17.7. The van der Waals surface area contributed by atoms with Gasteiger partial charge in [0, 0.05) is 11.5 Å². The molecule has 2 heterocycles. The van der Waals surface area contributed by atoms with Gasteiger partial charge in [-0.25, -0.2) is 4.98 Å². The van der Waals surface area contributed by atoms with Crippen molar-refractivity contribution in [3.05, 3.63) is 70.8 Å². The van der Waals surface area contributed by atoms with Gasteiger partial charge < -0.3 is 19.3 Å². The van der Waals surface area contributed by atoms with Crippen LogP contribution in [0, 0.1) is 0 Å². The Morgan fingerprint density at radius 1 is 1.10 bits per heavy atom. The molecule has 0 spiro atoms. The Bertz CT molecular complexity index is 1050. The van der Waals surface area contributed by atoms with Crippen molar-refractivity contribution in [1.29, 1.82) is 0 Å². The minimum absolute atomic E-state index is 0.0874. The van der Waals surface area contributed by atoms with Crippen LogP contribution in [0.25, 0.3) is 11.5 Å². The Morgan fingerprint density at radius 2 is 1.81 bits per heavy atom. The molecule has 162 valence electrons. The number of aromatic amines is 1. The first-order valence-electron chi connectivity index (χ1n) is 10.0. The fraction of sp³-hybridized carbons (Fsp3) is 0.273. The number of anilines is 1. The third kappa shape index (κ3) is 5.82. The summed E-state index contributed by atoms with van der Waals surface area (Å²) in [6.07, 6.45) is 2.96.